The first-order valence-corrected chi connectivity index (χ1v) is 7.67. The molecule has 0 aliphatic carbocycles. The third kappa shape index (κ3) is 3.07. The number of carbonyl (C=O) groups is 2. The van der Waals surface area contributed by atoms with E-state index in [4.69, 9.17) is 9.84 Å². The molecule has 0 unspecified atom stereocenters. The number of amides is 1. The molecule has 0 bridgehead atoms. The Bertz CT molecular complexity index is 765. The average Bonchev–Trinajstić information content (AvgIpc) is 2.81. The second kappa shape index (κ2) is 6.04. The Kier molecular flexibility index (Phi) is 4.09. The molecule has 6 nitrogen and oxygen atoms in total. The van der Waals surface area contributed by atoms with Crippen molar-refractivity contribution in [1.29, 1.82) is 0 Å². The Labute approximate surface area is 134 Å². The first kappa shape index (κ1) is 15.6. The number of ether oxygens (including phenoxy) is 1. The van der Waals surface area contributed by atoms with Gasteiger partial charge in [-0.3, -0.25) is 9.59 Å². The molecule has 2 N–H and O–H groups in total. The number of carboxylic acid groups (broad SMARTS) is 1. The summed E-state index contributed by atoms with van der Waals surface area (Å²) in [5.74, 6) is -0.993. The van der Waals surface area contributed by atoms with Crippen LogP contribution < -0.4 is 0 Å². The molecule has 1 fully saturated rings. The van der Waals surface area contributed by atoms with Crippen LogP contribution in [0.15, 0.2) is 18.2 Å². The van der Waals surface area contributed by atoms with E-state index in [1.54, 1.807) is 4.90 Å². The number of morpholine rings is 1. The van der Waals surface area contributed by atoms with Crippen LogP contribution in [0.1, 0.15) is 28.0 Å². The predicted octanol–water partition coefficient (Wildman–Crippen LogP) is 2.10. The lowest BCUT2D eigenvalue weighted by molar-refractivity contribution is -0.141. The molecule has 1 aromatic carbocycles. The summed E-state index contributed by atoms with van der Waals surface area (Å²) in [4.78, 5) is 28.5. The van der Waals surface area contributed by atoms with Crippen LogP contribution in [-0.4, -0.2) is 52.7 Å². The van der Waals surface area contributed by atoms with Crippen LogP contribution in [0.4, 0.5) is 0 Å². The van der Waals surface area contributed by atoms with Gasteiger partial charge in [-0.1, -0.05) is 0 Å². The van der Waals surface area contributed by atoms with Crippen LogP contribution >= 0.6 is 0 Å². The van der Waals surface area contributed by atoms with Crippen molar-refractivity contribution >= 4 is 22.8 Å². The van der Waals surface area contributed by atoms with E-state index in [0.717, 1.165) is 22.2 Å². The van der Waals surface area contributed by atoms with Crippen molar-refractivity contribution in [3.05, 3.63) is 35.0 Å². The normalized spacial score (nSPS) is 18.3. The molecule has 23 heavy (non-hydrogen) atoms. The monoisotopic (exact) mass is 316 g/mol. The van der Waals surface area contributed by atoms with Crippen LogP contribution in [-0.2, 0) is 9.53 Å². The van der Waals surface area contributed by atoms with Gasteiger partial charge >= 0.3 is 5.97 Å². The molecule has 2 aromatic rings. The largest absolute Gasteiger partial charge is 0.481 e. The zero-order valence-electron chi connectivity index (χ0n) is 13.3. The minimum atomic E-state index is -0.913. The Morgan fingerprint density at radius 1 is 1.39 bits per heavy atom. The quantitative estimate of drug-likeness (QED) is 0.908. The molecular weight excluding hydrogens is 296 g/mol. The summed E-state index contributed by atoms with van der Waals surface area (Å²) in [5.41, 5.74) is 3.87. The molecule has 0 saturated carbocycles. The maximum atomic E-state index is 12.7. The summed E-state index contributed by atoms with van der Waals surface area (Å²) < 4.78 is 5.42. The predicted molar refractivity (Wildman–Crippen MR) is 85.7 cm³/mol. The van der Waals surface area contributed by atoms with E-state index in [-0.39, 0.29) is 12.3 Å². The molecule has 1 saturated heterocycles. The number of carboxylic acids is 1. The van der Waals surface area contributed by atoms with E-state index in [1.165, 1.54) is 0 Å². The van der Waals surface area contributed by atoms with Gasteiger partial charge in [0.15, 0.2) is 0 Å². The number of aliphatic carboxylic acids is 1. The number of aromatic nitrogens is 1. The number of hydrogen-bond acceptors (Lipinski definition) is 3. The van der Waals surface area contributed by atoms with Gasteiger partial charge in [0.25, 0.3) is 5.91 Å². The standard InChI is InChI=1S/C17H20N2O4/c1-10-11(2)18-15-4-3-12(7-14(10)15)17(22)19-5-6-23-13(9-19)8-16(20)21/h3-4,7,13,18H,5-6,8-9H2,1-2H3,(H,20,21)/t13-/m0/s1. The number of aromatic amines is 1. The Morgan fingerprint density at radius 2 is 2.17 bits per heavy atom. The molecule has 1 aliphatic heterocycles. The van der Waals surface area contributed by atoms with Crippen LogP contribution in [0, 0.1) is 13.8 Å². The van der Waals surface area contributed by atoms with E-state index in [9.17, 15) is 9.59 Å². The first-order valence-electron chi connectivity index (χ1n) is 7.67. The van der Waals surface area contributed by atoms with Crippen LogP contribution in [0.25, 0.3) is 10.9 Å². The van der Waals surface area contributed by atoms with Gasteiger partial charge in [0, 0.05) is 35.2 Å². The van der Waals surface area contributed by atoms with E-state index in [0.29, 0.717) is 25.3 Å². The van der Waals surface area contributed by atoms with Crippen molar-refractivity contribution in [3.8, 4) is 0 Å². The molecule has 0 radical (unpaired) electrons. The fraction of sp³-hybridized carbons (Fsp3) is 0.412. The van der Waals surface area contributed by atoms with Gasteiger partial charge in [-0.15, -0.1) is 0 Å². The number of carbonyl (C=O) groups excluding carboxylic acids is 1. The highest BCUT2D eigenvalue weighted by atomic mass is 16.5. The van der Waals surface area contributed by atoms with Crippen molar-refractivity contribution in [2.45, 2.75) is 26.4 Å². The molecule has 1 aromatic heterocycles. The van der Waals surface area contributed by atoms with Crippen molar-refractivity contribution in [1.82, 2.24) is 9.88 Å². The second-order valence-corrected chi connectivity index (χ2v) is 5.98. The Balaban J connectivity index is 1.82. The van der Waals surface area contributed by atoms with Crippen molar-refractivity contribution < 1.29 is 19.4 Å². The fourth-order valence-electron chi connectivity index (χ4n) is 3.00. The summed E-state index contributed by atoms with van der Waals surface area (Å²) in [6.45, 7) is 5.20. The summed E-state index contributed by atoms with van der Waals surface area (Å²) in [6, 6.07) is 5.62. The number of hydrogen-bond donors (Lipinski definition) is 2. The number of nitrogens with zero attached hydrogens (tertiary/aromatic N) is 1. The molecule has 3 rings (SSSR count). The maximum absolute atomic E-state index is 12.7. The van der Waals surface area contributed by atoms with Crippen molar-refractivity contribution in [3.63, 3.8) is 0 Å². The van der Waals surface area contributed by atoms with Gasteiger partial charge in [-0.05, 0) is 37.6 Å². The summed E-state index contributed by atoms with van der Waals surface area (Å²) in [5, 5.41) is 9.92. The summed E-state index contributed by atoms with van der Waals surface area (Å²) in [7, 11) is 0. The zero-order valence-corrected chi connectivity index (χ0v) is 13.3. The Morgan fingerprint density at radius 3 is 2.91 bits per heavy atom. The lowest BCUT2D eigenvalue weighted by Crippen LogP contribution is -2.46. The number of fused-ring (bicyclic) bond motifs is 1. The van der Waals surface area contributed by atoms with Gasteiger partial charge in [0.2, 0.25) is 0 Å². The third-order valence-corrected chi connectivity index (χ3v) is 4.38. The molecule has 0 spiro atoms. The van der Waals surface area contributed by atoms with Gasteiger partial charge in [-0.2, -0.15) is 0 Å². The van der Waals surface area contributed by atoms with Crippen LogP contribution in [0.2, 0.25) is 0 Å². The SMILES string of the molecule is Cc1[nH]c2ccc(C(=O)N3CCO[C@@H](CC(=O)O)C3)cc2c1C. The summed E-state index contributed by atoms with van der Waals surface area (Å²) in [6.07, 6.45) is -0.524. The lowest BCUT2D eigenvalue weighted by Gasteiger charge is -2.32. The molecule has 1 amide bonds. The van der Waals surface area contributed by atoms with Gasteiger partial charge in [0.1, 0.15) is 0 Å². The zero-order chi connectivity index (χ0) is 16.6. The van der Waals surface area contributed by atoms with Crippen LogP contribution in [0.3, 0.4) is 0 Å². The number of benzene rings is 1. The molecule has 6 heteroatoms. The molecule has 122 valence electrons. The van der Waals surface area contributed by atoms with Crippen molar-refractivity contribution in [2.75, 3.05) is 19.7 Å². The van der Waals surface area contributed by atoms with E-state index in [1.807, 2.05) is 32.0 Å². The van der Waals surface area contributed by atoms with Gasteiger partial charge in [0.05, 0.1) is 19.1 Å². The molecule has 1 atom stereocenters. The highest BCUT2D eigenvalue weighted by Crippen LogP contribution is 2.23. The van der Waals surface area contributed by atoms with E-state index < -0.39 is 12.1 Å². The highest BCUT2D eigenvalue weighted by Gasteiger charge is 2.26. The van der Waals surface area contributed by atoms with Gasteiger partial charge in [-0.25, -0.2) is 0 Å². The highest BCUT2D eigenvalue weighted by molar-refractivity contribution is 5.99. The average molecular weight is 316 g/mol. The molecule has 1 aliphatic rings. The molecular formula is C17H20N2O4. The van der Waals surface area contributed by atoms with E-state index >= 15 is 0 Å². The Hall–Kier alpha value is -2.34. The smallest absolute Gasteiger partial charge is 0.306 e. The van der Waals surface area contributed by atoms with Crippen LogP contribution in [0.5, 0.6) is 0 Å². The topological polar surface area (TPSA) is 82.6 Å². The molecule has 2 heterocycles. The number of H-pyrrole nitrogens is 1. The number of nitrogens with one attached hydrogen (secondary N) is 1. The maximum Gasteiger partial charge on any atom is 0.306 e. The number of aryl methyl sites for hydroxylation is 2. The fourth-order valence-corrected chi connectivity index (χ4v) is 3.00. The minimum Gasteiger partial charge on any atom is -0.481 e. The second-order valence-electron chi connectivity index (χ2n) is 5.98. The van der Waals surface area contributed by atoms with Crippen molar-refractivity contribution in [2.24, 2.45) is 0 Å². The van der Waals surface area contributed by atoms with E-state index in [2.05, 4.69) is 4.98 Å². The summed E-state index contributed by atoms with van der Waals surface area (Å²) >= 11 is 0. The first-order chi connectivity index (χ1) is 11.0. The lowest BCUT2D eigenvalue weighted by atomic mass is 10.1. The van der Waals surface area contributed by atoms with Gasteiger partial charge < -0.3 is 19.7 Å². The third-order valence-electron chi connectivity index (χ3n) is 4.38. The number of rotatable bonds is 3. The minimum absolute atomic E-state index is 0.0798.